The quantitative estimate of drug-likeness (QED) is 0.259. The second-order valence-electron chi connectivity index (χ2n) is 17.9. The molecule has 1 aromatic rings. The number of aryl methyl sites for hydroxylation is 1. The Kier molecular flexibility index (Phi) is 11.3. The molecule has 3 N–H and O–H groups in total. The Morgan fingerprint density at radius 2 is 1.75 bits per heavy atom. The van der Waals surface area contributed by atoms with Crippen molar-refractivity contribution in [1.82, 2.24) is 20.9 Å². The van der Waals surface area contributed by atoms with Gasteiger partial charge in [-0.3, -0.25) is 24.0 Å². The molecule has 3 heterocycles. The van der Waals surface area contributed by atoms with Crippen LogP contribution in [-0.2, 0) is 35.2 Å². The maximum atomic E-state index is 14.7. The lowest BCUT2D eigenvalue weighted by molar-refractivity contribution is -0.145. The van der Waals surface area contributed by atoms with Crippen LogP contribution in [0.4, 0.5) is 0 Å². The molecule has 3 fully saturated rings. The van der Waals surface area contributed by atoms with Crippen LogP contribution in [-0.4, -0.2) is 81.9 Å². The maximum absolute atomic E-state index is 14.7. The minimum atomic E-state index is -1.03. The molecule has 4 amide bonds. The fraction of sp³-hybridized carbons (Fsp3) is 0.707. The van der Waals surface area contributed by atoms with Crippen molar-refractivity contribution in [1.29, 1.82) is 0 Å². The van der Waals surface area contributed by atoms with E-state index >= 15 is 0 Å². The van der Waals surface area contributed by atoms with Gasteiger partial charge in [0.25, 0.3) is 5.91 Å². The monoisotopic (exact) mass is 733 g/mol. The van der Waals surface area contributed by atoms with Crippen LogP contribution in [0.25, 0.3) is 0 Å². The number of benzene rings is 1. The first kappa shape index (κ1) is 38.8. The van der Waals surface area contributed by atoms with Crippen LogP contribution in [0.1, 0.15) is 136 Å². The molecule has 12 heteroatoms. The van der Waals surface area contributed by atoms with Gasteiger partial charge >= 0.3 is 0 Å². The fourth-order valence-corrected chi connectivity index (χ4v) is 8.28. The standard InChI is InChI=1S/C41H59N5O7/c1-7-11-29(34(48)37(50)42-28-15-16-28)43-36(49)31-23-41(22-30(45-53-41)26-14-17-32-27(21-26)18-19-40(5,6)52-32)24-46(31)38(51)35(39(2,3)4)44-33(47)20-25-12-9-8-10-13-25/h14,17,21,25,28-29,31,35H,7-13,15-16,18-20,22-24H2,1-6H3,(H,42,50)(H,43,49)(H,44,47)/t29-,31-,35+,41+/m0/s1. The van der Waals surface area contributed by atoms with E-state index in [4.69, 9.17) is 9.57 Å². The predicted molar refractivity (Wildman–Crippen MR) is 200 cm³/mol. The first-order chi connectivity index (χ1) is 25.1. The molecule has 2 aliphatic carbocycles. The van der Waals surface area contributed by atoms with E-state index in [2.05, 4.69) is 41.0 Å². The van der Waals surface area contributed by atoms with E-state index in [1.54, 1.807) is 0 Å². The van der Waals surface area contributed by atoms with Crippen molar-refractivity contribution >= 4 is 35.1 Å². The van der Waals surface area contributed by atoms with Gasteiger partial charge in [-0.2, -0.15) is 0 Å². The average molecular weight is 734 g/mol. The lowest BCUT2D eigenvalue weighted by Crippen LogP contribution is -2.59. The molecule has 1 aromatic carbocycles. The number of ketones is 1. The van der Waals surface area contributed by atoms with Gasteiger partial charge in [0.1, 0.15) is 23.4 Å². The van der Waals surface area contributed by atoms with Crippen molar-refractivity contribution < 1.29 is 33.5 Å². The van der Waals surface area contributed by atoms with Crippen LogP contribution < -0.4 is 20.7 Å². The number of ether oxygens (including phenoxy) is 1. The van der Waals surface area contributed by atoms with Gasteiger partial charge in [0.05, 0.1) is 18.3 Å². The van der Waals surface area contributed by atoms with E-state index in [1.165, 1.54) is 11.3 Å². The summed E-state index contributed by atoms with van der Waals surface area (Å²) in [6, 6.07) is 3.05. The van der Waals surface area contributed by atoms with Crippen LogP contribution >= 0.6 is 0 Å². The zero-order chi connectivity index (χ0) is 38.1. The third-order valence-corrected chi connectivity index (χ3v) is 11.6. The molecular weight excluding hydrogens is 674 g/mol. The number of Topliss-reactive ketones (excluding diaryl/α,β-unsaturated/α-hetero) is 1. The highest BCUT2D eigenvalue weighted by Gasteiger charge is 2.56. The van der Waals surface area contributed by atoms with Crippen molar-refractivity contribution in [2.45, 2.75) is 167 Å². The zero-order valence-electron chi connectivity index (χ0n) is 32.5. The third-order valence-electron chi connectivity index (χ3n) is 11.6. The summed E-state index contributed by atoms with van der Waals surface area (Å²) in [6.45, 7) is 11.8. The highest BCUT2D eigenvalue weighted by Crippen LogP contribution is 2.41. The predicted octanol–water partition coefficient (Wildman–Crippen LogP) is 4.89. The molecule has 4 atom stereocenters. The molecule has 290 valence electrons. The van der Waals surface area contributed by atoms with Gasteiger partial charge in [0.15, 0.2) is 5.60 Å². The van der Waals surface area contributed by atoms with Crippen LogP contribution in [0, 0.1) is 11.3 Å². The summed E-state index contributed by atoms with van der Waals surface area (Å²) < 4.78 is 6.19. The van der Waals surface area contributed by atoms with Crippen molar-refractivity contribution in [2.24, 2.45) is 16.5 Å². The van der Waals surface area contributed by atoms with Crippen molar-refractivity contribution in [2.75, 3.05) is 6.54 Å². The van der Waals surface area contributed by atoms with E-state index in [9.17, 15) is 24.0 Å². The summed E-state index contributed by atoms with van der Waals surface area (Å²) >= 11 is 0. The second kappa shape index (κ2) is 15.4. The number of hydrogen-bond acceptors (Lipinski definition) is 8. The number of rotatable bonds is 12. The SMILES string of the molecule is CCC[C@H](NC(=O)[C@@H]1C[C@]2(CC(c3ccc4c(c3)CCC(C)(C)O4)=NO2)CN1C(=O)[C@@H](NC(=O)CC1CCCCC1)C(C)(C)C)C(=O)C(=O)NC1CC1. The van der Waals surface area contributed by atoms with Crippen LogP contribution in [0.2, 0.25) is 0 Å². The molecular formula is C41H59N5O7. The maximum Gasteiger partial charge on any atom is 0.289 e. The summed E-state index contributed by atoms with van der Waals surface area (Å²) in [4.78, 5) is 76.2. The highest BCUT2D eigenvalue weighted by molar-refractivity contribution is 6.38. The second-order valence-corrected chi connectivity index (χ2v) is 17.9. The molecule has 0 radical (unpaired) electrons. The molecule has 6 rings (SSSR count). The van der Waals surface area contributed by atoms with E-state index in [1.807, 2.05) is 39.8 Å². The van der Waals surface area contributed by atoms with E-state index in [0.717, 1.165) is 74.0 Å². The minimum absolute atomic E-state index is 0.00177. The zero-order valence-corrected chi connectivity index (χ0v) is 32.5. The molecule has 12 nitrogen and oxygen atoms in total. The molecule has 3 aliphatic heterocycles. The van der Waals surface area contributed by atoms with Gasteiger partial charge in [0, 0.05) is 25.3 Å². The van der Waals surface area contributed by atoms with Crippen LogP contribution in [0.15, 0.2) is 23.4 Å². The number of carbonyl (C=O) groups excluding carboxylic acids is 5. The summed E-state index contributed by atoms with van der Waals surface area (Å²) in [7, 11) is 0. The van der Waals surface area contributed by atoms with Gasteiger partial charge in [0.2, 0.25) is 23.5 Å². The van der Waals surface area contributed by atoms with Crippen LogP contribution in [0.3, 0.4) is 0 Å². The van der Waals surface area contributed by atoms with Gasteiger partial charge in [-0.1, -0.05) is 58.5 Å². The average Bonchev–Trinajstić information content (AvgIpc) is 3.70. The Morgan fingerprint density at radius 3 is 2.43 bits per heavy atom. The largest absolute Gasteiger partial charge is 0.488 e. The fourth-order valence-electron chi connectivity index (χ4n) is 8.28. The van der Waals surface area contributed by atoms with Gasteiger partial charge in [-0.15, -0.1) is 0 Å². The lowest BCUT2D eigenvalue weighted by Gasteiger charge is -2.36. The number of carbonyl (C=O) groups is 5. The topological polar surface area (TPSA) is 156 Å². The Balaban J connectivity index is 1.23. The molecule has 1 saturated heterocycles. The number of likely N-dealkylation sites (tertiary alicyclic amines) is 1. The number of nitrogens with zero attached hydrogens (tertiary/aromatic N) is 2. The van der Waals surface area contributed by atoms with Crippen LogP contribution in [0.5, 0.6) is 5.75 Å². The molecule has 0 bridgehead atoms. The summed E-state index contributed by atoms with van der Waals surface area (Å²) in [5, 5.41) is 13.2. The van der Waals surface area contributed by atoms with Crippen molar-refractivity contribution in [3.05, 3.63) is 29.3 Å². The number of hydrogen-bond donors (Lipinski definition) is 3. The number of amides is 4. The van der Waals surface area contributed by atoms with Gasteiger partial charge in [-0.05, 0) is 99.5 Å². The minimum Gasteiger partial charge on any atom is -0.488 e. The van der Waals surface area contributed by atoms with E-state index in [0.29, 0.717) is 25.2 Å². The van der Waals surface area contributed by atoms with E-state index in [-0.39, 0.29) is 42.8 Å². The summed E-state index contributed by atoms with van der Waals surface area (Å²) in [6.07, 6.45) is 10.5. The molecule has 53 heavy (non-hydrogen) atoms. The van der Waals surface area contributed by atoms with Gasteiger partial charge in [-0.25, -0.2) is 0 Å². The van der Waals surface area contributed by atoms with E-state index < -0.39 is 46.7 Å². The normalized spacial score (nSPS) is 25.0. The third kappa shape index (κ3) is 9.23. The van der Waals surface area contributed by atoms with Crippen molar-refractivity contribution in [3.63, 3.8) is 0 Å². The lowest BCUT2D eigenvalue weighted by atomic mass is 9.84. The molecule has 2 saturated carbocycles. The molecule has 5 aliphatic rings. The summed E-state index contributed by atoms with van der Waals surface area (Å²) in [5.41, 5.74) is 0.811. The molecule has 1 spiro atoms. The number of nitrogens with one attached hydrogen (secondary N) is 3. The smallest absolute Gasteiger partial charge is 0.289 e. The Labute approximate surface area is 313 Å². The Bertz CT molecular complexity index is 1620. The first-order valence-corrected chi connectivity index (χ1v) is 19.9. The first-order valence-electron chi connectivity index (χ1n) is 19.9. The highest BCUT2D eigenvalue weighted by atomic mass is 16.7. The number of fused-ring (bicyclic) bond motifs is 1. The Morgan fingerprint density at radius 1 is 1.02 bits per heavy atom. The van der Waals surface area contributed by atoms with Gasteiger partial charge < -0.3 is 30.4 Å². The Hall–Kier alpha value is -3.96. The molecule has 0 unspecified atom stereocenters. The summed E-state index contributed by atoms with van der Waals surface area (Å²) in [5.74, 6) is -1.33. The van der Waals surface area contributed by atoms with Crippen molar-refractivity contribution in [3.8, 4) is 5.75 Å². The number of oxime groups is 1. The molecule has 0 aromatic heterocycles.